The Morgan fingerprint density at radius 2 is 2.22 bits per heavy atom. The van der Waals surface area contributed by atoms with E-state index in [4.69, 9.17) is 16.3 Å². The molecule has 2 rings (SSSR count). The van der Waals surface area contributed by atoms with Crippen LogP contribution < -0.4 is 0 Å². The Morgan fingerprint density at radius 3 is 2.83 bits per heavy atom. The molecule has 1 aromatic heterocycles. The second-order valence-electron chi connectivity index (χ2n) is 4.57. The molecule has 0 radical (unpaired) electrons. The molecule has 0 bridgehead atoms. The van der Waals surface area contributed by atoms with Crippen molar-refractivity contribution in [1.29, 1.82) is 0 Å². The van der Waals surface area contributed by atoms with Gasteiger partial charge in [-0.3, -0.25) is 0 Å². The molecule has 0 atom stereocenters. The van der Waals surface area contributed by atoms with Gasteiger partial charge < -0.3 is 4.74 Å². The van der Waals surface area contributed by atoms with Gasteiger partial charge in [0.25, 0.3) is 0 Å². The lowest BCUT2D eigenvalue weighted by molar-refractivity contribution is 0.0518. The number of rotatable bonds is 5. The van der Waals surface area contributed by atoms with Crippen LogP contribution in [0.15, 0.2) is 0 Å². The highest BCUT2D eigenvalue weighted by Gasteiger charge is 2.23. The zero-order chi connectivity index (χ0) is 13.0. The van der Waals surface area contributed by atoms with Gasteiger partial charge in [-0.25, -0.2) is 9.48 Å². The van der Waals surface area contributed by atoms with Crippen LogP contribution in [-0.2, 0) is 17.2 Å². The number of nitrogens with zero attached hydrogens (tertiary/aromatic N) is 3. The molecule has 18 heavy (non-hydrogen) atoms. The smallest absolute Gasteiger partial charge is 0.360 e. The maximum Gasteiger partial charge on any atom is 0.360 e. The second-order valence-corrected chi connectivity index (χ2v) is 4.84. The molecule has 0 aromatic carbocycles. The van der Waals surface area contributed by atoms with E-state index in [1.807, 2.05) is 0 Å². The minimum Gasteiger partial charge on any atom is -0.461 e. The molecule has 1 aromatic rings. The Hall–Kier alpha value is -1.10. The van der Waals surface area contributed by atoms with Crippen LogP contribution in [-0.4, -0.2) is 27.6 Å². The maximum absolute atomic E-state index is 11.7. The summed E-state index contributed by atoms with van der Waals surface area (Å²) in [5.74, 6) is 0.419. The molecule has 0 N–H and O–H groups in total. The topological polar surface area (TPSA) is 57.0 Å². The largest absolute Gasteiger partial charge is 0.461 e. The Balaban J connectivity index is 2.13. The van der Waals surface area contributed by atoms with E-state index in [0.29, 0.717) is 18.2 Å². The SMILES string of the molecule is CCOC(=O)c1nnn(CC2CCCC2)c1CCl. The molecule has 0 aliphatic heterocycles. The molecule has 5 nitrogen and oxygen atoms in total. The minimum atomic E-state index is -0.439. The second kappa shape index (κ2) is 6.18. The molecule has 0 saturated heterocycles. The van der Waals surface area contributed by atoms with Gasteiger partial charge in [-0.05, 0) is 25.7 Å². The van der Waals surface area contributed by atoms with Crippen molar-refractivity contribution in [2.45, 2.75) is 45.0 Å². The zero-order valence-electron chi connectivity index (χ0n) is 10.6. The van der Waals surface area contributed by atoms with Crippen LogP contribution in [0.4, 0.5) is 0 Å². The summed E-state index contributed by atoms with van der Waals surface area (Å²) in [4.78, 5) is 11.7. The predicted molar refractivity (Wildman–Crippen MR) is 67.5 cm³/mol. The lowest BCUT2D eigenvalue weighted by Crippen LogP contribution is -2.13. The molecule has 1 aliphatic rings. The summed E-state index contributed by atoms with van der Waals surface area (Å²) in [5.41, 5.74) is 0.923. The average molecular weight is 272 g/mol. The summed E-state index contributed by atoms with van der Waals surface area (Å²) in [6.07, 6.45) is 4.99. The summed E-state index contributed by atoms with van der Waals surface area (Å²) in [5, 5.41) is 7.94. The number of carbonyl (C=O) groups excluding carboxylic acids is 1. The molecule has 100 valence electrons. The Labute approximate surface area is 111 Å². The average Bonchev–Trinajstić information content (AvgIpc) is 2.99. The van der Waals surface area contributed by atoms with Gasteiger partial charge in [-0.2, -0.15) is 0 Å². The third kappa shape index (κ3) is 2.83. The van der Waals surface area contributed by atoms with Crippen LogP contribution in [0.5, 0.6) is 0 Å². The first-order valence-electron chi connectivity index (χ1n) is 6.41. The number of halogens is 1. The van der Waals surface area contributed by atoms with Crippen molar-refractivity contribution in [1.82, 2.24) is 15.0 Å². The van der Waals surface area contributed by atoms with Gasteiger partial charge in [0, 0.05) is 6.54 Å². The van der Waals surface area contributed by atoms with E-state index in [-0.39, 0.29) is 11.6 Å². The number of alkyl halides is 1. The number of hydrogen-bond donors (Lipinski definition) is 0. The van der Waals surface area contributed by atoms with Crippen molar-refractivity contribution >= 4 is 17.6 Å². The summed E-state index contributed by atoms with van der Waals surface area (Å²) in [7, 11) is 0. The van der Waals surface area contributed by atoms with E-state index >= 15 is 0 Å². The number of esters is 1. The highest BCUT2D eigenvalue weighted by Crippen LogP contribution is 2.26. The molecule has 0 amide bonds. The van der Waals surface area contributed by atoms with Crippen molar-refractivity contribution in [3.05, 3.63) is 11.4 Å². The first kappa shape index (κ1) is 13.3. The Morgan fingerprint density at radius 1 is 1.50 bits per heavy atom. The van der Waals surface area contributed by atoms with Crippen LogP contribution in [0.3, 0.4) is 0 Å². The molecule has 1 aliphatic carbocycles. The summed E-state index contributed by atoms with van der Waals surface area (Å²) < 4.78 is 6.70. The summed E-state index contributed by atoms with van der Waals surface area (Å²) >= 11 is 5.90. The van der Waals surface area contributed by atoms with Gasteiger partial charge >= 0.3 is 5.97 Å². The van der Waals surface area contributed by atoms with Gasteiger partial charge in [0.2, 0.25) is 0 Å². The molecule has 1 saturated carbocycles. The summed E-state index contributed by atoms with van der Waals surface area (Å²) in [6, 6.07) is 0. The van der Waals surface area contributed by atoms with Gasteiger partial charge in [0.1, 0.15) is 0 Å². The van der Waals surface area contributed by atoms with Crippen LogP contribution in [0.25, 0.3) is 0 Å². The minimum absolute atomic E-state index is 0.230. The molecule has 6 heteroatoms. The first-order valence-corrected chi connectivity index (χ1v) is 6.95. The third-order valence-corrected chi connectivity index (χ3v) is 3.59. The molecule has 0 spiro atoms. The highest BCUT2D eigenvalue weighted by molar-refractivity contribution is 6.17. The fraction of sp³-hybridized carbons (Fsp3) is 0.750. The van der Waals surface area contributed by atoms with Crippen LogP contribution in [0.1, 0.15) is 48.8 Å². The molecule has 1 heterocycles. The van der Waals surface area contributed by atoms with E-state index in [1.165, 1.54) is 25.7 Å². The molecule has 0 unspecified atom stereocenters. The third-order valence-electron chi connectivity index (χ3n) is 3.34. The van der Waals surface area contributed by atoms with Crippen LogP contribution >= 0.6 is 11.6 Å². The van der Waals surface area contributed by atoms with E-state index in [1.54, 1.807) is 11.6 Å². The van der Waals surface area contributed by atoms with Crippen molar-refractivity contribution in [3.63, 3.8) is 0 Å². The van der Waals surface area contributed by atoms with Crippen molar-refractivity contribution in [2.24, 2.45) is 5.92 Å². The Kier molecular flexibility index (Phi) is 4.58. The van der Waals surface area contributed by atoms with Gasteiger partial charge in [-0.1, -0.05) is 18.1 Å². The quantitative estimate of drug-likeness (QED) is 0.609. The van der Waals surface area contributed by atoms with Crippen molar-refractivity contribution < 1.29 is 9.53 Å². The number of aromatic nitrogens is 3. The number of carbonyl (C=O) groups is 1. The molecular weight excluding hydrogens is 254 g/mol. The first-order chi connectivity index (χ1) is 8.76. The number of hydrogen-bond acceptors (Lipinski definition) is 4. The monoisotopic (exact) mass is 271 g/mol. The lowest BCUT2D eigenvalue weighted by atomic mass is 10.1. The Bertz CT molecular complexity index is 413. The van der Waals surface area contributed by atoms with Gasteiger partial charge in [0.15, 0.2) is 5.69 Å². The van der Waals surface area contributed by atoms with E-state index in [2.05, 4.69) is 10.3 Å². The maximum atomic E-state index is 11.7. The van der Waals surface area contributed by atoms with Crippen LogP contribution in [0, 0.1) is 5.92 Å². The highest BCUT2D eigenvalue weighted by atomic mass is 35.5. The van der Waals surface area contributed by atoms with Crippen molar-refractivity contribution in [2.75, 3.05) is 6.61 Å². The lowest BCUT2D eigenvalue weighted by Gasteiger charge is -2.10. The van der Waals surface area contributed by atoms with Crippen molar-refractivity contribution in [3.8, 4) is 0 Å². The van der Waals surface area contributed by atoms with E-state index < -0.39 is 5.97 Å². The van der Waals surface area contributed by atoms with Gasteiger partial charge in [0.05, 0.1) is 18.2 Å². The van der Waals surface area contributed by atoms with Gasteiger partial charge in [-0.15, -0.1) is 16.7 Å². The van der Waals surface area contributed by atoms with E-state index in [9.17, 15) is 4.79 Å². The fourth-order valence-electron chi connectivity index (χ4n) is 2.41. The van der Waals surface area contributed by atoms with E-state index in [0.717, 1.165) is 6.54 Å². The zero-order valence-corrected chi connectivity index (χ0v) is 11.3. The van der Waals surface area contributed by atoms with Crippen LogP contribution in [0.2, 0.25) is 0 Å². The standard InChI is InChI=1S/C12H18ClN3O2/c1-2-18-12(17)11-10(7-13)16(15-14-11)8-9-5-3-4-6-9/h9H,2-8H2,1H3. The predicted octanol–water partition coefficient (Wildman–Crippen LogP) is 2.38. The number of ether oxygens (including phenoxy) is 1. The normalized spacial score (nSPS) is 16.1. The molecule has 1 fully saturated rings. The molecular formula is C12H18ClN3O2. The fourth-order valence-corrected chi connectivity index (χ4v) is 2.67. The summed E-state index contributed by atoms with van der Waals surface area (Å²) in [6.45, 7) is 2.89.